The van der Waals surface area contributed by atoms with Crippen LogP contribution in [0, 0.1) is 59.2 Å². The van der Waals surface area contributed by atoms with Gasteiger partial charge in [-0.25, -0.2) is 0 Å². The molecule has 0 aliphatic heterocycles. The summed E-state index contributed by atoms with van der Waals surface area (Å²) in [5, 5.41) is 0. The van der Waals surface area contributed by atoms with Crippen molar-refractivity contribution in [3.8, 4) is 0 Å². The Morgan fingerprint density at radius 1 is 0.321 bits per heavy atom. The van der Waals surface area contributed by atoms with Crippen molar-refractivity contribution < 1.29 is 4.74 Å². The lowest BCUT2D eigenvalue weighted by Crippen LogP contribution is -2.32. The minimum absolute atomic E-state index is 0.944. The Hall–Kier alpha value is -0.0400. The van der Waals surface area contributed by atoms with Crippen LogP contribution in [-0.2, 0) is 4.74 Å². The summed E-state index contributed by atoms with van der Waals surface area (Å²) < 4.78 is 6.83. The quantitative estimate of drug-likeness (QED) is 0.0726. The molecule has 4 saturated carbocycles. The molecule has 0 bridgehead atoms. The molecule has 1 heteroatoms. The van der Waals surface area contributed by atoms with Gasteiger partial charge in [-0.2, -0.15) is 0 Å². The van der Waals surface area contributed by atoms with Gasteiger partial charge in [0.15, 0.2) is 0 Å². The van der Waals surface area contributed by atoms with Crippen molar-refractivity contribution in [1.29, 1.82) is 0 Å². The van der Waals surface area contributed by atoms with Crippen LogP contribution in [0.2, 0.25) is 0 Å². The van der Waals surface area contributed by atoms with Crippen molar-refractivity contribution in [2.75, 3.05) is 13.2 Å². The number of hydrogen-bond donors (Lipinski definition) is 0. The molecular formula is C52H98O. The van der Waals surface area contributed by atoms with E-state index >= 15 is 0 Å². The summed E-state index contributed by atoms with van der Waals surface area (Å²) in [4.78, 5) is 0. The summed E-state index contributed by atoms with van der Waals surface area (Å²) in [7, 11) is 0. The van der Waals surface area contributed by atoms with Gasteiger partial charge in [0.1, 0.15) is 0 Å². The first-order valence-corrected chi connectivity index (χ1v) is 25.7. The van der Waals surface area contributed by atoms with Crippen molar-refractivity contribution in [2.45, 2.75) is 259 Å². The Labute approximate surface area is 334 Å². The molecule has 4 fully saturated rings. The standard InChI is InChI=1S/C52H98O/c1-5-9-13-17-21-45-27-35-49(36-28-45)51(47-31-23-43(24-32-47)19-15-11-7-3)39-41-53-42-40-52(48-33-25-44(26-34-48)20-16-12-8-4)50-37-29-46(30-38-50)22-18-14-10-6-2/h43-52H,5-42H2,1-4H3/t43-,44-,45-,46-,47-,48-,49-,50-,51?,52?. The van der Waals surface area contributed by atoms with Crippen LogP contribution in [0.15, 0.2) is 0 Å². The van der Waals surface area contributed by atoms with Crippen molar-refractivity contribution in [1.82, 2.24) is 0 Å². The fourth-order valence-corrected chi connectivity index (χ4v) is 13.0. The third kappa shape index (κ3) is 17.6. The van der Waals surface area contributed by atoms with Crippen LogP contribution < -0.4 is 0 Å². The van der Waals surface area contributed by atoms with Gasteiger partial charge in [-0.15, -0.1) is 0 Å². The molecule has 4 aliphatic rings. The van der Waals surface area contributed by atoms with Gasteiger partial charge in [-0.3, -0.25) is 0 Å². The Bertz CT molecular complexity index is 750. The third-order valence-corrected chi connectivity index (χ3v) is 16.5. The monoisotopic (exact) mass is 739 g/mol. The predicted molar refractivity (Wildman–Crippen MR) is 235 cm³/mol. The van der Waals surface area contributed by atoms with Gasteiger partial charge in [0.2, 0.25) is 0 Å². The van der Waals surface area contributed by atoms with Crippen molar-refractivity contribution >= 4 is 0 Å². The van der Waals surface area contributed by atoms with E-state index in [1.165, 1.54) is 231 Å². The van der Waals surface area contributed by atoms with Crippen molar-refractivity contribution in [2.24, 2.45) is 59.2 Å². The van der Waals surface area contributed by atoms with Crippen LogP contribution in [0.5, 0.6) is 0 Å². The average Bonchev–Trinajstić information content (AvgIpc) is 3.20. The molecule has 0 aromatic heterocycles. The van der Waals surface area contributed by atoms with Crippen LogP contribution in [0.1, 0.15) is 259 Å². The molecular weight excluding hydrogens is 641 g/mol. The van der Waals surface area contributed by atoms with E-state index in [0.717, 1.165) is 72.4 Å². The molecule has 0 radical (unpaired) electrons. The normalized spacial score (nSPS) is 31.0. The Morgan fingerprint density at radius 3 is 0.830 bits per heavy atom. The lowest BCUT2D eigenvalue weighted by molar-refractivity contribution is 0.0367. The minimum atomic E-state index is 0.944. The topological polar surface area (TPSA) is 9.23 Å². The second-order valence-corrected chi connectivity index (χ2v) is 20.3. The number of unbranched alkanes of at least 4 members (excludes halogenated alkanes) is 10. The fraction of sp³-hybridized carbons (Fsp3) is 1.00. The van der Waals surface area contributed by atoms with E-state index in [2.05, 4.69) is 27.7 Å². The molecule has 0 saturated heterocycles. The zero-order valence-electron chi connectivity index (χ0n) is 37.1. The molecule has 0 heterocycles. The van der Waals surface area contributed by atoms with Gasteiger partial charge in [0.25, 0.3) is 0 Å². The summed E-state index contributed by atoms with van der Waals surface area (Å²) in [6.07, 6.45) is 53.5. The summed E-state index contributed by atoms with van der Waals surface area (Å²) in [6.45, 7) is 11.6. The number of ether oxygens (including phenoxy) is 1. The number of rotatable bonds is 28. The van der Waals surface area contributed by atoms with E-state index in [4.69, 9.17) is 4.74 Å². The lowest BCUT2D eigenvalue weighted by Gasteiger charge is -2.41. The molecule has 0 N–H and O–H groups in total. The lowest BCUT2D eigenvalue weighted by atomic mass is 9.65. The molecule has 2 atom stereocenters. The molecule has 1 nitrogen and oxygen atoms in total. The summed E-state index contributed by atoms with van der Waals surface area (Å²) in [5.41, 5.74) is 0. The maximum atomic E-state index is 6.83. The first kappa shape index (κ1) is 45.7. The zero-order valence-corrected chi connectivity index (χ0v) is 37.1. The SMILES string of the molecule is CCCCCC[C@H]1CC[C@H](C(CCOCCC([C@H]2CC[C@H](CCCCC)CC2)[C@H]2CC[C@H](CCCCCC)CC2)[C@H]2CC[C@H](CCCCC)CC2)CC1. The first-order valence-electron chi connectivity index (χ1n) is 25.7. The Kier molecular flexibility index (Phi) is 24.4. The smallest absolute Gasteiger partial charge is 0.0468 e. The van der Waals surface area contributed by atoms with Crippen molar-refractivity contribution in [3.05, 3.63) is 0 Å². The van der Waals surface area contributed by atoms with Gasteiger partial charge in [-0.05, 0) is 123 Å². The van der Waals surface area contributed by atoms with E-state index in [0.29, 0.717) is 0 Å². The predicted octanol–water partition coefficient (Wildman–Crippen LogP) is 17.3. The number of hydrogen-bond acceptors (Lipinski definition) is 1. The van der Waals surface area contributed by atoms with Gasteiger partial charge in [0, 0.05) is 13.2 Å². The van der Waals surface area contributed by atoms with E-state index in [1.807, 2.05) is 0 Å². The highest BCUT2D eigenvalue weighted by Crippen LogP contribution is 2.47. The Balaban J connectivity index is 1.27. The van der Waals surface area contributed by atoms with Crippen LogP contribution in [0.3, 0.4) is 0 Å². The van der Waals surface area contributed by atoms with E-state index < -0.39 is 0 Å². The summed E-state index contributed by atoms with van der Waals surface area (Å²) in [5.74, 6) is 9.99. The molecule has 4 rings (SSSR count). The van der Waals surface area contributed by atoms with E-state index in [1.54, 1.807) is 0 Å². The highest BCUT2D eigenvalue weighted by atomic mass is 16.5. The van der Waals surface area contributed by atoms with E-state index in [9.17, 15) is 0 Å². The summed E-state index contributed by atoms with van der Waals surface area (Å²) in [6, 6.07) is 0. The second-order valence-electron chi connectivity index (χ2n) is 20.3. The van der Waals surface area contributed by atoms with Crippen LogP contribution in [0.4, 0.5) is 0 Å². The average molecular weight is 739 g/mol. The third-order valence-electron chi connectivity index (χ3n) is 16.5. The van der Waals surface area contributed by atoms with Gasteiger partial charge in [-0.1, -0.05) is 195 Å². The molecule has 0 aromatic rings. The van der Waals surface area contributed by atoms with Gasteiger partial charge < -0.3 is 4.74 Å². The first-order chi connectivity index (χ1) is 26.1. The van der Waals surface area contributed by atoms with Gasteiger partial charge in [0.05, 0.1) is 0 Å². The zero-order chi connectivity index (χ0) is 37.4. The van der Waals surface area contributed by atoms with E-state index in [-0.39, 0.29) is 0 Å². The van der Waals surface area contributed by atoms with Crippen LogP contribution >= 0.6 is 0 Å². The molecule has 4 aliphatic carbocycles. The maximum Gasteiger partial charge on any atom is 0.0468 e. The molecule has 0 amide bonds. The Morgan fingerprint density at radius 2 is 0.566 bits per heavy atom. The largest absolute Gasteiger partial charge is 0.381 e. The fourth-order valence-electron chi connectivity index (χ4n) is 13.0. The summed E-state index contributed by atoms with van der Waals surface area (Å²) >= 11 is 0. The molecule has 0 aromatic carbocycles. The minimum Gasteiger partial charge on any atom is -0.381 e. The highest BCUT2D eigenvalue weighted by Gasteiger charge is 2.36. The van der Waals surface area contributed by atoms with Crippen LogP contribution in [0.25, 0.3) is 0 Å². The maximum absolute atomic E-state index is 6.83. The van der Waals surface area contributed by atoms with Crippen molar-refractivity contribution in [3.63, 3.8) is 0 Å². The molecule has 2 unspecified atom stereocenters. The van der Waals surface area contributed by atoms with Crippen LogP contribution in [-0.4, -0.2) is 13.2 Å². The van der Waals surface area contributed by atoms with Gasteiger partial charge >= 0.3 is 0 Å². The molecule has 312 valence electrons. The molecule has 0 spiro atoms. The highest BCUT2D eigenvalue weighted by molar-refractivity contribution is 4.87. The second kappa shape index (κ2) is 28.4. The molecule has 53 heavy (non-hydrogen) atoms.